The molecule has 0 aliphatic rings. The highest BCUT2D eigenvalue weighted by molar-refractivity contribution is 4.88. The summed E-state index contributed by atoms with van der Waals surface area (Å²) in [7, 11) is 1.93. The van der Waals surface area contributed by atoms with E-state index in [1.807, 2.05) is 11.7 Å². The van der Waals surface area contributed by atoms with Gasteiger partial charge in [-0.3, -0.25) is 4.68 Å². The van der Waals surface area contributed by atoms with E-state index in [2.05, 4.69) is 29.2 Å². The molecule has 1 heterocycles. The maximum atomic E-state index is 4.31. The number of rotatable bonds is 4. The lowest BCUT2D eigenvalue weighted by Crippen LogP contribution is -2.15. The summed E-state index contributed by atoms with van der Waals surface area (Å²) >= 11 is 0. The number of nitrogens with zero attached hydrogens (tertiary/aromatic N) is 3. The second-order valence-electron chi connectivity index (χ2n) is 3.12. The van der Waals surface area contributed by atoms with Crippen molar-refractivity contribution in [3.63, 3.8) is 0 Å². The first-order valence-corrected chi connectivity index (χ1v) is 4.28. The Labute approximate surface area is 73.0 Å². The fourth-order valence-corrected chi connectivity index (χ4v) is 0.908. The lowest BCUT2D eigenvalue weighted by Gasteiger charge is -1.98. The van der Waals surface area contributed by atoms with Gasteiger partial charge in [0.1, 0.15) is 6.33 Å². The predicted octanol–water partition coefficient (Wildman–Crippen LogP) is 0.621. The van der Waals surface area contributed by atoms with Gasteiger partial charge in [0.15, 0.2) is 5.82 Å². The van der Waals surface area contributed by atoms with Gasteiger partial charge in [-0.2, -0.15) is 5.10 Å². The molecule has 12 heavy (non-hydrogen) atoms. The summed E-state index contributed by atoms with van der Waals surface area (Å²) in [6.45, 7) is 6.01. The maximum Gasteiger partial charge on any atom is 0.153 e. The van der Waals surface area contributed by atoms with E-state index in [4.69, 9.17) is 0 Å². The average Bonchev–Trinajstić information content (AvgIpc) is 2.48. The molecule has 0 saturated carbocycles. The van der Waals surface area contributed by atoms with Gasteiger partial charge in [0.25, 0.3) is 0 Å². The number of hydrogen-bond donors (Lipinski definition) is 1. The Morgan fingerprint density at radius 1 is 1.58 bits per heavy atom. The first-order chi connectivity index (χ1) is 5.74. The summed E-state index contributed by atoms with van der Waals surface area (Å²) in [6.07, 6.45) is 1.78. The minimum absolute atomic E-state index is 0.417. The van der Waals surface area contributed by atoms with Crippen LogP contribution in [0.5, 0.6) is 0 Å². The first kappa shape index (κ1) is 9.19. The highest BCUT2D eigenvalue weighted by atomic mass is 15.3. The minimum atomic E-state index is 0.417. The highest BCUT2D eigenvalue weighted by Gasteiger charge is 2.03. The Morgan fingerprint density at radius 2 is 2.33 bits per heavy atom. The lowest BCUT2D eigenvalue weighted by molar-refractivity contribution is 0.573. The molecule has 0 aliphatic heterocycles. The van der Waals surface area contributed by atoms with E-state index in [1.54, 1.807) is 6.33 Å². The van der Waals surface area contributed by atoms with Gasteiger partial charge in [0.05, 0.1) is 6.54 Å². The van der Waals surface area contributed by atoms with Crippen LogP contribution in [0.4, 0.5) is 0 Å². The van der Waals surface area contributed by atoms with Gasteiger partial charge in [-0.05, 0) is 7.05 Å². The van der Waals surface area contributed by atoms with Crippen molar-refractivity contribution in [3.8, 4) is 0 Å². The summed E-state index contributed by atoms with van der Waals surface area (Å²) in [4.78, 5) is 4.19. The second-order valence-corrected chi connectivity index (χ2v) is 3.12. The third kappa shape index (κ3) is 2.30. The van der Waals surface area contributed by atoms with E-state index in [-0.39, 0.29) is 0 Å². The largest absolute Gasteiger partial charge is 0.318 e. The SMILES string of the molecule is CNCCn1cnc(C(C)C)n1. The van der Waals surface area contributed by atoms with Crippen LogP contribution in [0, 0.1) is 0 Å². The van der Waals surface area contributed by atoms with Crippen molar-refractivity contribution in [3.05, 3.63) is 12.2 Å². The first-order valence-electron chi connectivity index (χ1n) is 4.28. The van der Waals surface area contributed by atoms with E-state index in [0.717, 1.165) is 18.9 Å². The standard InChI is InChI=1S/C8H16N4/c1-7(2)8-10-6-12(11-8)5-4-9-3/h6-7,9H,4-5H2,1-3H3. The molecular formula is C8H16N4. The molecule has 1 aromatic rings. The topological polar surface area (TPSA) is 42.7 Å². The van der Waals surface area contributed by atoms with Crippen molar-refractivity contribution in [1.29, 1.82) is 0 Å². The summed E-state index contributed by atoms with van der Waals surface area (Å²) in [5, 5.41) is 7.38. The van der Waals surface area contributed by atoms with Gasteiger partial charge in [-0.1, -0.05) is 13.8 Å². The Bertz CT molecular complexity index is 229. The van der Waals surface area contributed by atoms with Crippen molar-refractivity contribution in [2.45, 2.75) is 26.3 Å². The van der Waals surface area contributed by atoms with Crippen LogP contribution < -0.4 is 5.32 Å². The zero-order valence-electron chi connectivity index (χ0n) is 7.91. The van der Waals surface area contributed by atoms with Gasteiger partial charge in [0, 0.05) is 12.5 Å². The van der Waals surface area contributed by atoms with Crippen LogP contribution in [0.25, 0.3) is 0 Å². The zero-order chi connectivity index (χ0) is 8.97. The van der Waals surface area contributed by atoms with Gasteiger partial charge in [0.2, 0.25) is 0 Å². The van der Waals surface area contributed by atoms with Crippen LogP contribution in [-0.4, -0.2) is 28.4 Å². The molecule has 1 rings (SSSR count). The quantitative estimate of drug-likeness (QED) is 0.716. The Balaban J connectivity index is 2.52. The predicted molar refractivity (Wildman–Crippen MR) is 48.0 cm³/mol. The molecule has 1 aromatic heterocycles. The molecule has 4 nitrogen and oxygen atoms in total. The molecule has 0 radical (unpaired) electrons. The third-order valence-corrected chi connectivity index (χ3v) is 1.66. The van der Waals surface area contributed by atoms with Crippen LogP contribution in [0.1, 0.15) is 25.6 Å². The van der Waals surface area contributed by atoms with Crippen LogP contribution in [0.15, 0.2) is 6.33 Å². The van der Waals surface area contributed by atoms with Gasteiger partial charge in [-0.15, -0.1) is 0 Å². The van der Waals surface area contributed by atoms with Crippen LogP contribution in [0.2, 0.25) is 0 Å². The van der Waals surface area contributed by atoms with E-state index < -0.39 is 0 Å². The van der Waals surface area contributed by atoms with E-state index in [0.29, 0.717) is 5.92 Å². The highest BCUT2D eigenvalue weighted by Crippen LogP contribution is 2.06. The van der Waals surface area contributed by atoms with E-state index in [1.165, 1.54) is 0 Å². The van der Waals surface area contributed by atoms with Crippen molar-refractivity contribution >= 4 is 0 Å². The molecule has 4 heteroatoms. The Morgan fingerprint density at radius 3 is 2.83 bits per heavy atom. The fourth-order valence-electron chi connectivity index (χ4n) is 0.908. The summed E-state index contributed by atoms with van der Waals surface area (Å²) < 4.78 is 1.87. The lowest BCUT2D eigenvalue weighted by atomic mass is 10.2. The number of aromatic nitrogens is 3. The second kappa shape index (κ2) is 4.21. The minimum Gasteiger partial charge on any atom is -0.318 e. The average molecular weight is 168 g/mol. The molecule has 68 valence electrons. The monoisotopic (exact) mass is 168 g/mol. The molecule has 0 saturated heterocycles. The fraction of sp³-hybridized carbons (Fsp3) is 0.750. The number of nitrogens with one attached hydrogen (secondary N) is 1. The van der Waals surface area contributed by atoms with Crippen molar-refractivity contribution in [2.24, 2.45) is 0 Å². The summed E-state index contributed by atoms with van der Waals surface area (Å²) in [5.41, 5.74) is 0. The van der Waals surface area contributed by atoms with Crippen molar-refractivity contribution < 1.29 is 0 Å². The van der Waals surface area contributed by atoms with Crippen LogP contribution >= 0.6 is 0 Å². The molecule has 0 bridgehead atoms. The Kier molecular flexibility index (Phi) is 3.22. The molecule has 0 atom stereocenters. The molecule has 0 unspecified atom stereocenters. The van der Waals surface area contributed by atoms with E-state index in [9.17, 15) is 0 Å². The number of hydrogen-bond acceptors (Lipinski definition) is 3. The summed E-state index contributed by atoms with van der Waals surface area (Å²) in [6, 6.07) is 0. The molecule has 0 aromatic carbocycles. The maximum absolute atomic E-state index is 4.31. The number of likely N-dealkylation sites (N-methyl/N-ethyl adjacent to an activating group) is 1. The molecule has 0 aliphatic carbocycles. The van der Waals surface area contributed by atoms with Crippen LogP contribution in [0.3, 0.4) is 0 Å². The van der Waals surface area contributed by atoms with E-state index >= 15 is 0 Å². The molecular weight excluding hydrogens is 152 g/mol. The molecule has 0 fully saturated rings. The zero-order valence-corrected chi connectivity index (χ0v) is 7.91. The molecule has 0 spiro atoms. The molecule has 1 N–H and O–H groups in total. The van der Waals surface area contributed by atoms with Gasteiger partial charge in [-0.25, -0.2) is 4.98 Å². The van der Waals surface area contributed by atoms with Crippen LogP contribution in [-0.2, 0) is 6.54 Å². The summed E-state index contributed by atoms with van der Waals surface area (Å²) in [5.74, 6) is 1.34. The third-order valence-electron chi connectivity index (χ3n) is 1.66. The normalized spacial score (nSPS) is 11.0. The van der Waals surface area contributed by atoms with Crippen molar-refractivity contribution in [1.82, 2.24) is 20.1 Å². The smallest absolute Gasteiger partial charge is 0.153 e. The van der Waals surface area contributed by atoms with Gasteiger partial charge >= 0.3 is 0 Å². The Hall–Kier alpha value is -0.900. The van der Waals surface area contributed by atoms with Gasteiger partial charge < -0.3 is 5.32 Å². The van der Waals surface area contributed by atoms with Crippen molar-refractivity contribution in [2.75, 3.05) is 13.6 Å². The molecule has 0 amide bonds.